The fraction of sp³-hybridized carbons (Fsp3) is 0.423. The van der Waals surface area contributed by atoms with Crippen LogP contribution in [-0.2, 0) is 25.2 Å². The topological polar surface area (TPSA) is 95.6 Å². The van der Waals surface area contributed by atoms with Crippen molar-refractivity contribution in [2.24, 2.45) is 0 Å². The van der Waals surface area contributed by atoms with Crippen molar-refractivity contribution in [3.63, 3.8) is 0 Å². The predicted octanol–water partition coefficient (Wildman–Crippen LogP) is 3.69. The number of benzene rings is 2. The Morgan fingerprint density at radius 3 is 2.26 bits per heavy atom. The minimum absolute atomic E-state index is 0.0953. The molecule has 0 heterocycles. The molecule has 1 aliphatic carbocycles. The van der Waals surface area contributed by atoms with Crippen molar-refractivity contribution in [1.82, 2.24) is 5.32 Å². The van der Waals surface area contributed by atoms with Crippen LogP contribution in [0.1, 0.15) is 44.6 Å². The van der Waals surface area contributed by atoms with Crippen LogP contribution in [0.15, 0.2) is 48.5 Å². The summed E-state index contributed by atoms with van der Waals surface area (Å²) in [6.07, 6.45) is 5.14. The van der Waals surface area contributed by atoms with Gasteiger partial charge in [-0.25, -0.2) is 4.39 Å². The molecule has 0 aromatic heterocycles. The Labute approximate surface area is 207 Å². The maximum atomic E-state index is 13.2. The number of nitrogens with one attached hydrogen (secondary N) is 2. The third-order valence-electron chi connectivity index (χ3n) is 6.00. The summed E-state index contributed by atoms with van der Waals surface area (Å²) in [7, 11) is -1.80. The van der Waals surface area contributed by atoms with Crippen LogP contribution >= 0.6 is 0 Å². The van der Waals surface area contributed by atoms with Gasteiger partial charge in [0, 0.05) is 28.2 Å². The van der Waals surface area contributed by atoms with Crippen LogP contribution in [0.4, 0.5) is 15.8 Å². The summed E-state index contributed by atoms with van der Waals surface area (Å²) in [5, 5.41) is 5.59. The average molecular weight is 502 g/mol. The van der Waals surface area contributed by atoms with Crippen LogP contribution in [0.25, 0.3) is 0 Å². The van der Waals surface area contributed by atoms with E-state index in [1.165, 1.54) is 29.2 Å². The second kappa shape index (κ2) is 12.6. The van der Waals surface area contributed by atoms with Crippen molar-refractivity contribution >= 4 is 39.9 Å². The number of nitrogens with zero attached hydrogens (tertiary/aromatic N) is 1. The molecule has 0 bridgehead atoms. The monoisotopic (exact) mass is 501 g/mol. The highest BCUT2D eigenvalue weighted by molar-refractivity contribution is 7.86. The lowest BCUT2D eigenvalue weighted by molar-refractivity contribution is -0.126. The zero-order valence-electron chi connectivity index (χ0n) is 20.1. The van der Waals surface area contributed by atoms with Crippen molar-refractivity contribution < 1.29 is 23.0 Å². The quantitative estimate of drug-likeness (QED) is 0.548. The van der Waals surface area contributed by atoms with Crippen LogP contribution in [0.5, 0.6) is 0 Å². The first-order valence-corrected chi connectivity index (χ1v) is 13.3. The molecule has 1 aliphatic rings. The molecule has 7 nitrogen and oxygen atoms in total. The van der Waals surface area contributed by atoms with Gasteiger partial charge in [0.05, 0.1) is 0 Å². The molecule has 0 aliphatic heterocycles. The summed E-state index contributed by atoms with van der Waals surface area (Å²) in [4.78, 5) is 39.8. The number of rotatable bonds is 9. The molecule has 1 fully saturated rings. The van der Waals surface area contributed by atoms with Gasteiger partial charge in [-0.2, -0.15) is 0 Å². The van der Waals surface area contributed by atoms with E-state index in [-0.39, 0.29) is 11.9 Å². The van der Waals surface area contributed by atoms with E-state index in [0.29, 0.717) is 11.4 Å². The first-order valence-electron chi connectivity index (χ1n) is 11.8. The standard InChI is InChI=1S/C26H32FN3O4S/c1-18-8-14-23(15-9-18)30(19(2)26(33)29-21-6-4-3-5-7-21)25(32)17-35(34)16-24(31)28-22-12-10-20(27)11-13-22/h8-15,19,21H,3-7,16-17H2,1-2H3,(H,28,31)(H,29,33)/t19-,35-/m0/s1. The smallest absolute Gasteiger partial charge is 0.243 e. The van der Waals surface area contributed by atoms with Crippen LogP contribution in [0.2, 0.25) is 0 Å². The minimum Gasteiger partial charge on any atom is -0.352 e. The SMILES string of the molecule is Cc1ccc(N(C(=O)C[S@@](=O)CC(=O)Nc2ccc(F)cc2)[C@@H](C)C(=O)NC2CCCCC2)cc1. The molecular weight excluding hydrogens is 469 g/mol. The molecule has 35 heavy (non-hydrogen) atoms. The highest BCUT2D eigenvalue weighted by atomic mass is 32.2. The number of halogens is 1. The van der Waals surface area contributed by atoms with E-state index >= 15 is 0 Å². The Morgan fingerprint density at radius 2 is 1.63 bits per heavy atom. The second-order valence-corrected chi connectivity index (χ2v) is 10.4. The molecule has 2 N–H and O–H groups in total. The second-order valence-electron chi connectivity index (χ2n) is 8.90. The van der Waals surface area contributed by atoms with Crippen molar-refractivity contribution in [1.29, 1.82) is 0 Å². The van der Waals surface area contributed by atoms with Gasteiger partial charge in [0.1, 0.15) is 23.4 Å². The maximum Gasteiger partial charge on any atom is 0.243 e. The largest absolute Gasteiger partial charge is 0.352 e. The minimum atomic E-state index is -1.80. The summed E-state index contributed by atoms with van der Waals surface area (Å²) in [6.45, 7) is 3.57. The lowest BCUT2D eigenvalue weighted by atomic mass is 9.95. The van der Waals surface area contributed by atoms with Gasteiger partial charge in [-0.05, 0) is 63.1 Å². The molecule has 9 heteroatoms. The Morgan fingerprint density at radius 1 is 1.00 bits per heavy atom. The highest BCUT2D eigenvalue weighted by Gasteiger charge is 2.30. The summed E-state index contributed by atoms with van der Waals surface area (Å²) in [5.74, 6) is -2.55. The zero-order chi connectivity index (χ0) is 25.4. The van der Waals surface area contributed by atoms with Crippen molar-refractivity contribution in [2.45, 2.75) is 58.0 Å². The first-order chi connectivity index (χ1) is 16.7. The van der Waals surface area contributed by atoms with E-state index in [1.54, 1.807) is 19.1 Å². The number of carbonyl (C=O) groups is 3. The van der Waals surface area contributed by atoms with Gasteiger partial charge < -0.3 is 10.6 Å². The Balaban J connectivity index is 1.66. The molecule has 188 valence electrons. The van der Waals surface area contributed by atoms with Crippen LogP contribution in [-0.4, -0.2) is 45.5 Å². The highest BCUT2D eigenvalue weighted by Crippen LogP contribution is 2.21. The lowest BCUT2D eigenvalue weighted by Gasteiger charge is -2.31. The van der Waals surface area contributed by atoms with Gasteiger partial charge >= 0.3 is 0 Å². The maximum absolute atomic E-state index is 13.2. The molecule has 1 saturated carbocycles. The van der Waals surface area contributed by atoms with Crippen LogP contribution < -0.4 is 15.5 Å². The zero-order valence-corrected chi connectivity index (χ0v) is 20.9. The first kappa shape index (κ1) is 26.5. The van der Waals surface area contributed by atoms with Gasteiger partial charge in [0.15, 0.2) is 0 Å². The third-order valence-corrected chi connectivity index (χ3v) is 7.16. The van der Waals surface area contributed by atoms with E-state index in [2.05, 4.69) is 10.6 Å². The molecule has 2 aromatic rings. The summed E-state index contributed by atoms with van der Waals surface area (Å²) < 4.78 is 25.7. The average Bonchev–Trinajstić information content (AvgIpc) is 2.82. The lowest BCUT2D eigenvalue weighted by Crippen LogP contribution is -2.52. The van der Waals surface area contributed by atoms with Crippen molar-refractivity contribution in [3.05, 3.63) is 59.9 Å². The number of carbonyl (C=O) groups excluding carboxylic acids is 3. The Hall–Kier alpha value is -3.07. The molecule has 2 aromatic carbocycles. The number of aryl methyl sites for hydroxylation is 1. The normalized spacial score (nSPS) is 15.6. The van der Waals surface area contributed by atoms with E-state index in [1.807, 2.05) is 19.1 Å². The molecule has 3 rings (SSSR count). The number of amides is 3. The predicted molar refractivity (Wildman–Crippen MR) is 136 cm³/mol. The van der Waals surface area contributed by atoms with E-state index in [0.717, 1.165) is 37.7 Å². The Kier molecular flexibility index (Phi) is 9.54. The molecule has 2 atom stereocenters. The van der Waals surface area contributed by atoms with Crippen molar-refractivity contribution in [2.75, 3.05) is 21.7 Å². The molecular formula is C26H32FN3O4S. The fourth-order valence-corrected chi connectivity index (χ4v) is 4.99. The van der Waals surface area contributed by atoms with E-state index in [4.69, 9.17) is 0 Å². The van der Waals surface area contributed by atoms with Gasteiger partial charge in [0.25, 0.3) is 0 Å². The molecule has 0 unspecified atom stereocenters. The molecule has 0 spiro atoms. The molecule has 0 saturated heterocycles. The van der Waals surface area contributed by atoms with Gasteiger partial charge in [-0.1, -0.05) is 37.0 Å². The number of anilines is 2. The number of hydrogen-bond acceptors (Lipinski definition) is 4. The van der Waals surface area contributed by atoms with Gasteiger partial charge in [-0.3, -0.25) is 23.5 Å². The van der Waals surface area contributed by atoms with Gasteiger partial charge in [0.2, 0.25) is 17.7 Å². The van der Waals surface area contributed by atoms with Crippen LogP contribution in [0.3, 0.4) is 0 Å². The fourth-order valence-electron chi connectivity index (χ4n) is 4.11. The van der Waals surface area contributed by atoms with Crippen molar-refractivity contribution in [3.8, 4) is 0 Å². The molecule has 3 amide bonds. The van der Waals surface area contributed by atoms with Crippen LogP contribution in [0, 0.1) is 12.7 Å². The van der Waals surface area contributed by atoms with E-state index in [9.17, 15) is 23.0 Å². The van der Waals surface area contributed by atoms with E-state index < -0.39 is 46.0 Å². The Bertz CT molecular complexity index is 1050. The van der Waals surface area contributed by atoms with Gasteiger partial charge in [-0.15, -0.1) is 0 Å². The number of hydrogen-bond donors (Lipinski definition) is 2. The third kappa shape index (κ3) is 7.99. The molecule has 0 radical (unpaired) electrons. The summed E-state index contributed by atoms with van der Waals surface area (Å²) >= 11 is 0. The summed E-state index contributed by atoms with van der Waals surface area (Å²) in [5.41, 5.74) is 1.90. The summed E-state index contributed by atoms with van der Waals surface area (Å²) in [6, 6.07) is 11.7.